The summed E-state index contributed by atoms with van der Waals surface area (Å²) in [5, 5.41) is 9.26. The molecule has 2 saturated heterocycles. The number of amides is 1. The average molecular weight is 909 g/mol. The lowest BCUT2D eigenvalue weighted by Crippen LogP contribution is -2.61. The lowest BCUT2D eigenvalue weighted by Gasteiger charge is -2.45. The molecule has 0 spiro atoms. The number of alkyl halides is 4. The number of hydrogen-bond acceptors (Lipinski definition) is 10. The number of hydrogen-bond donors (Lipinski definition) is 0. The summed E-state index contributed by atoms with van der Waals surface area (Å²) in [5.74, 6) is -0.789. The molecule has 4 rings (SSSR count). The third-order valence-corrected chi connectivity index (χ3v) is 11.8. The number of benzene rings is 2. The van der Waals surface area contributed by atoms with Crippen molar-refractivity contribution in [3.63, 3.8) is 0 Å². The molecule has 324 valence electrons. The Morgan fingerprint density at radius 2 is 1.53 bits per heavy atom. The quantitative estimate of drug-likeness (QED) is 0.116. The number of halogens is 4. The van der Waals surface area contributed by atoms with E-state index in [9.17, 15) is 32.8 Å². The summed E-state index contributed by atoms with van der Waals surface area (Å²) in [5.41, 5.74) is -3.83. The topological polar surface area (TPSA) is 116 Å². The van der Waals surface area contributed by atoms with Gasteiger partial charge >= 0.3 is 18.1 Å². The molecule has 2 aliphatic rings. The van der Waals surface area contributed by atoms with Gasteiger partial charge in [-0.05, 0) is 116 Å². The Hall–Kier alpha value is -3.78. The lowest BCUT2D eigenvalue weighted by atomic mass is 9.81. The minimum Gasteiger partial charge on any atom is -0.492 e. The number of ether oxygens (including phenoxy) is 3. The molecule has 0 aromatic heterocycles. The Bertz CT molecular complexity index is 1980. The highest BCUT2D eigenvalue weighted by molar-refractivity contribution is 9.10. The van der Waals surface area contributed by atoms with Crippen LogP contribution < -0.4 is 14.5 Å². The van der Waals surface area contributed by atoms with Gasteiger partial charge in [0, 0.05) is 43.8 Å². The van der Waals surface area contributed by atoms with E-state index in [0.717, 1.165) is 22.6 Å². The molecule has 2 atom stereocenters. The van der Waals surface area contributed by atoms with Gasteiger partial charge in [0.05, 0.1) is 22.9 Å². The maximum Gasteiger partial charge on any atom is 0.417 e. The van der Waals surface area contributed by atoms with Crippen molar-refractivity contribution < 1.29 is 41.8 Å². The summed E-state index contributed by atoms with van der Waals surface area (Å²) in [4.78, 5) is 47.8. The Kier molecular flexibility index (Phi) is 14.0. The van der Waals surface area contributed by atoms with Crippen LogP contribution in [0.25, 0.3) is 0 Å². The van der Waals surface area contributed by atoms with Crippen molar-refractivity contribution in [2.75, 3.05) is 49.1 Å². The van der Waals surface area contributed by atoms with Gasteiger partial charge in [0.1, 0.15) is 35.1 Å². The molecule has 2 aromatic rings. The van der Waals surface area contributed by atoms with Gasteiger partial charge in [-0.15, -0.1) is 0 Å². The third-order valence-electron chi connectivity index (χ3n) is 10.7. The van der Waals surface area contributed by atoms with Crippen LogP contribution in [0.4, 0.5) is 24.5 Å². The van der Waals surface area contributed by atoms with E-state index in [1.54, 1.807) is 64.6 Å². The minimum atomic E-state index is -4.80. The van der Waals surface area contributed by atoms with Crippen LogP contribution in [0.1, 0.15) is 99.8 Å². The first-order chi connectivity index (χ1) is 27.0. The Labute approximate surface area is 360 Å². The van der Waals surface area contributed by atoms with E-state index in [0.29, 0.717) is 57.2 Å². The number of rotatable bonds is 12. The summed E-state index contributed by atoms with van der Waals surface area (Å²) in [6, 6.07) is 10.1. The molecule has 16 heteroatoms. The highest BCUT2D eigenvalue weighted by atomic mass is 79.9. The molecule has 59 heavy (non-hydrogen) atoms. The van der Waals surface area contributed by atoms with Gasteiger partial charge in [0.15, 0.2) is 9.44 Å². The highest BCUT2D eigenvalue weighted by Gasteiger charge is 2.53. The molecule has 1 amide bonds. The molecule has 0 radical (unpaired) electrons. The van der Waals surface area contributed by atoms with Crippen LogP contribution in [0.2, 0.25) is 0 Å². The summed E-state index contributed by atoms with van der Waals surface area (Å²) in [6.45, 7) is 25.4. The number of anilines is 2. The van der Waals surface area contributed by atoms with Gasteiger partial charge in [-0.2, -0.15) is 18.4 Å². The molecule has 11 nitrogen and oxygen atoms in total. The van der Waals surface area contributed by atoms with Crippen molar-refractivity contribution >= 4 is 62.5 Å². The van der Waals surface area contributed by atoms with Gasteiger partial charge in [-0.25, -0.2) is 0 Å². The van der Waals surface area contributed by atoms with Crippen LogP contribution in [-0.2, 0) is 36.5 Å². The van der Waals surface area contributed by atoms with Gasteiger partial charge in [0.25, 0.3) is 5.91 Å². The first kappa shape index (κ1) is 47.9. The average Bonchev–Trinajstić information content (AvgIpc) is 3.30. The summed E-state index contributed by atoms with van der Waals surface area (Å²) in [6.07, 6.45) is -5.03. The number of carbonyl (C=O) groups excluding carboxylic acids is 3. The maximum absolute atomic E-state index is 13.8. The van der Waals surface area contributed by atoms with Gasteiger partial charge < -0.3 is 19.1 Å². The van der Waals surface area contributed by atoms with Crippen molar-refractivity contribution in [3.8, 4) is 11.8 Å². The molecule has 2 fully saturated rings. The zero-order valence-electron chi connectivity index (χ0n) is 36.1. The van der Waals surface area contributed by atoms with Crippen LogP contribution in [0, 0.1) is 16.7 Å². The van der Waals surface area contributed by atoms with E-state index >= 15 is 0 Å². The molecule has 2 heterocycles. The summed E-state index contributed by atoms with van der Waals surface area (Å²) in [7, 11) is 0. The predicted octanol–water partition coefficient (Wildman–Crippen LogP) is 8.28. The number of esters is 2. The zero-order chi connectivity index (χ0) is 44.7. The first-order valence-corrected chi connectivity index (χ1v) is 20.8. The Morgan fingerprint density at radius 1 is 0.932 bits per heavy atom. The number of nitriles is 1. The summed E-state index contributed by atoms with van der Waals surface area (Å²) < 4.78 is 58.2. The molecule has 0 saturated carbocycles. The largest absolute Gasteiger partial charge is 0.492 e. The molecule has 2 aromatic carbocycles. The molecule has 0 aliphatic carbocycles. The fourth-order valence-corrected chi connectivity index (χ4v) is 8.75. The van der Waals surface area contributed by atoms with Crippen LogP contribution in [0.15, 0.2) is 36.4 Å². The van der Waals surface area contributed by atoms with Crippen molar-refractivity contribution in [3.05, 3.63) is 53.1 Å². The monoisotopic (exact) mass is 907 g/mol. The second kappa shape index (κ2) is 17.3. The second-order valence-electron chi connectivity index (χ2n) is 18.3. The van der Waals surface area contributed by atoms with Gasteiger partial charge in [-0.3, -0.25) is 29.1 Å². The number of nitrogens with zero attached hydrogens (tertiary/aromatic N) is 5. The summed E-state index contributed by atoms with van der Waals surface area (Å²) >= 11 is 9.28. The molecule has 0 bridgehead atoms. The predicted molar refractivity (Wildman–Crippen MR) is 229 cm³/mol. The Balaban J connectivity index is 1.39. The molecule has 2 unspecified atom stereocenters. The normalized spacial score (nSPS) is 18.6. The smallest absolute Gasteiger partial charge is 0.417 e. The molecule has 0 N–H and O–H groups in total. The van der Waals surface area contributed by atoms with Crippen molar-refractivity contribution in [1.82, 2.24) is 9.80 Å². The van der Waals surface area contributed by atoms with E-state index in [4.69, 9.17) is 26.4 Å². The fourth-order valence-electron chi connectivity index (χ4n) is 7.36. The van der Waals surface area contributed by atoms with Crippen LogP contribution in [0.5, 0.6) is 5.75 Å². The van der Waals surface area contributed by atoms with Crippen LogP contribution >= 0.6 is 28.1 Å². The maximum atomic E-state index is 13.8. The minimum absolute atomic E-state index is 0.0144. The lowest BCUT2D eigenvalue weighted by molar-refractivity contribution is -0.178. The Morgan fingerprint density at radius 3 is 2.05 bits per heavy atom. The first-order valence-electron chi connectivity index (χ1n) is 19.6. The standard InChI is InChI=1S/C43H57BrF3N5O6S/c1-13-27-24-30(52-37(59)51(34(53)40(52,8)9)29-15-14-28(26-48)31(25-29)43(45,46)47)16-17-32(27)56-23-22-49-18-20-50(21-19-49)41(10,11)35(54)57-33(38(2,3)4)42(12,44)36(55)58-39(5,6)7/h14-17,24-25,33H,13,18-23H2,1-12H3. The fraction of sp³-hybridized carbons (Fsp3) is 0.605. The zero-order valence-corrected chi connectivity index (χ0v) is 38.5. The SMILES string of the molecule is CCc1cc(N2C(=S)N(c3ccc(C#N)c(C(F)(F)F)c3)C(=O)C2(C)C)ccc1OCCN1CCN(C(C)(C)C(=O)OC(C(C)(C)C)C(C)(Br)C(=O)OC(C)(C)C)CC1. The number of thiocarbonyl (C=S) groups is 1. The number of aryl methyl sites for hydroxylation is 1. The van der Waals surface area contributed by atoms with Crippen molar-refractivity contribution in [2.24, 2.45) is 5.41 Å². The van der Waals surface area contributed by atoms with E-state index in [1.165, 1.54) is 6.07 Å². The molecule has 2 aliphatic heterocycles. The van der Waals surface area contributed by atoms with Crippen molar-refractivity contribution in [1.29, 1.82) is 5.26 Å². The third kappa shape index (κ3) is 10.4. The van der Waals surface area contributed by atoms with Gasteiger partial charge in [0.2, 0.25) is 0 Å². The van der Waals surface area contributed by atoms with E-state index in [-0.39, 0.29) is 10.8 Å². The van der Waals surface area contributed by atoms with Crippen LogP contribution in [-0.4, -0.2) is 99.2 Å². The molecular formula is C43H57BrF3N5O6S. The van der Waals surface area contributed by atoms with Gasteiger partial charge in [-0.1, -0.05) is 43.6 Å². The number of piperazine rings is 1. The second-order valence-corrected chi connectivity index (χ2v) is 20.3. The number of carbonyl (C=O) groups is 3. The van der Waals surface area contributed by atoms with E-state index < -0.39 is 67.7 Å². The van der Waals surface area contributed by atoms with Crippen molar-refractivity contribution in [2.45, 2.75) is 123 Å². The van der Waals surface area contributed by atoms with Crippen LogP contribution in [0.3, 0.4) is 0 Å². The highest BCUT2D eigenvalue weighted by Crippen LogP contribution is 2.42. The molecular weight excluding hydrogens is 851 g/mol. The van der Waals surface area contributed by atoms with E-state index in [1.807, 2.05) is 47.6 Å². The van der Waals surface area contributed by atoms with E-state index in [2.05, 4.69) is 25.7 Å².